The van der Waals surface area contributed by atoms with Crippen LogP contribution in [-0.4, -0.2) is 52.6 Å². The van der Waals surface area contributed by atoms with E-state index >= 15 is 0 Å². The monoisotopic (exact) mass is 367 g/mol. The van der Waals surface area contributed by atoms with Gasteiger partial charge in [-0.05, 0) is 63.2 Å². The Balaban J connectivity index is 1.38. The second kappa shape index (κ2) is 8.21. The summed E-state index contributed by atoms with van der Waals surface area (Å²) in [7, 11) is 0. The number of hydrogen-bond acceptors (Lipinski definition) is 5. The first kappa shape index (κ1) is 18.2. The second-order valence-corrected chi connectivity index (χ2v) is 7.78. The highest BCUT2D eigenvalue weighted by atomic mass is 16.1. The maximum atomic E-state index is 11.8. The quantitative estimate of drug-likeness (QED) is 0.880. The van der Waals surface area contributed by atoms with Crippen molar-refractivity contribution in [3.63, 3.8) is 0 Å². The Labute approximate surface area is 160 Å². The third-order valence-electron chi connectivity index (χ3n) is 5.83. The molecule has 27 heavy (non-hydrogen) atoms. The molecular formula is C21H29N5O. The van der Waals surface area contributed by atoms with Crippen LogP contribution in [0.1, 0.15) is 38.3 Å². The molecule has 0 spiro atoms. The summed E-state index contributed by atoms with van der Waals surface area (Å²) in [6.07, 6.45) is 7.80. The van der Waals surface area contributed by atoms with Crippen molar-refractivity contribution in [2.24, 2.45) is 5.92 Å². The zero-order valence-electron chi connectivity index (χ0n) is 16.2. The standard InChI is InChI=1S/C21H29N5O/c1-2-18-13-20(27)24-21(23-18)17-5-6-19(22-14-17)26-11-7-16(8-12-26)15-25-9-3-4-10-25/h5-6,13-14,16H,2-4,7-12,15H2,1H3,(H,23,24,27). The van der Waals surface area contributed by atoms with Gasteiger partial charge in [-0.25, -0.2) is 9.97 Å². The number of likely N-dealkylation sites (tertiary alicyclic amines) is 1. The maximum Gasteiger partial charge on any atom is 0.251 e. The van der Waals surface area contributed by atoms with Crippen LogP contribution in [-0.2, 0) is 6.42 Å². The van der Waals surface area contributed by atoms with Gasteiger partial charge in [0, 0.05) is 43.2 Å². The molecule has 4 rings (SSSR count). The van der Waals surface area contributed by atoms with Crippen LogP contribution in [0.3, 0.4) is 0 Å². The van der Waals surface area contributed by atoms with Crippen LogP contribution in [0.4, 0.5) is 5.82 Å². The normalized spacial score (nSPS) is 18.9. The third kappa shape index (κ3) is 4.38. The molecular weight excluding hydrogens is 338 g/mol. The predicted molar refractivity (Wildman–Crippen MR) is 108 cm³/mol. The minimum absolute atomic E-state index is 0.110. The molecule has 0 saturated carbocycles. The molecule has 0 atom stereocenters. The van der Waals surface area contributed by atoms with Crippen LogP contribution >= 0.6 is 0 Å². The van der Waals surface area contributed by atoms with E-state index in [2.05, 4.69) is 30.8 Å². The van der Waals surface area contributed by atoms with Crippen molar-refractivity contribution < 1.29 is 0 Å². The van der Waals surface area contributed by atoms with Crippen LogP contribution in [0, 0.1) is 5.92 Å². The van der Waals surface area contributed by atoms with Gasteiger partial charge in [0.1, 0.15) is 11.6 Å². The molecule has 0 aliphatic carbocycles. The molecule has 2 aliphatic heterocycles. The fourth-order valence-electron chi connectivity index (χ4n) is 4.21. The Morgan fingerprint density at radius 1 is 1.15 bits per heavy atom. The molecule has 6 heteroatoms. The summed E-state index contributed by atoms with van der Waals surface area (Å²) in [6, 6.07) is 5.61. The number of aromatic nitrogens is 3. The van der Waals surface area contributed by atoms with Crippen molar-refractivity contribution in [2.45, 2.75) is 39.0 Å². The molecule has 2 fully saturated rings. The number of piperidine rings is 1. The second-order valence-electron chi connectivity index (χ2n) is 7.78. The van der Waals surface area contributed by atoms with E-state index in [4.69, 9.17) is 0 Å². The molecule has 2 aromatic rings. The van der Waals surface area contributed by atoms with Crippen LogP contribution in [0.25, 0.3) is 11.4 Å². The highest BCUT2D eigenvalue weighted by Crippen LogP contribution is 2.25. The number of aryl methyl sites for hydroxylation is 1. The minimum Gasteiger partial charge on any atom is -0.357 e. The van der Waals surface area contributed by atoms with Crippen LogP contribution < -0.4 is 10.5 Å². The van der Waals surface area contributed by atoms with Crippen molar-refractivity contribution in [1.82, 2.24) is 19.9 Å². The lowest BCUT2D eigenvalue weighted by Crippen LogP contribution is -2.38. The Hall–Kier alpha value is -2.21. The van der Waals surface area contributed by atoms with Gasteiger partial charge in [-0.15, -0.1) is 0 Å². The topological polar surface area (TPSA) is 65.1 Å². The number of nitrogens with one attached hydrogen (secondary N) is 1. The summed E-state index contributed by atoms with van der Waals surface area (Å²) in [5, 5.41) is 0. The first-order valence-electron chi connectivity index (χ1n) is 10.3. The SMILES string of the molecule is CCc1cc(=O)[nH]c(-c2ccc(N3CCC(CN4CCCC4)CC3)nc2)n1. The van der Waals surface area contributed by atoms with Crippen LogP contribution in [0.2, 0.25) is 0 Å². The van der Waals surface area contributed by atoms with Crippen molar-refractivity contribution in [3.8, 4) is 11.4 Å². The number of aromatic amines is 1. The van der Waals surface area contributed by atoms with E-state index in [1.807, 2.05) is 19.2 Å². The number of hydrogen-bond donors (Lipinski definition) is 1. The highest BCUT2D eigenvalue weighted by molar-refractivity contribution is 5.56. The number of H-pyrrole nitrogens is 1. The maximum absolute atomic E-state index is 11.8. The lowest BCUT2D eigenvalue weighted by atomic mass is 9.96. The smallest absolute Gasteiger partial charge is 0.251 e. The molecule has 144 valence electrons. The van der Waals surface area contributed by atoms with Gasteiger partial charge < -0.3 is 14.8 Å². The molecule has 2 aromatic heterocycles. The first-order chi connectivity index (χ1) is 13.2. The van der Waals surface area contributed by atoms with E-state index in [0.29, 0.717) is 5.82 Å². The van der Waals surface area contributed by atoms with Gasteiger partial charge in [-0.3, -0.25) is 4.79 Å². The third-order valence-corrected chi connectivity index (χ3v) is 5.83. The summed E-state index contributed by atoms with van der Waals surface area (Å²) in [6.45, 7) is 8.00. The van der Waals surface area contributed by atoms with E-state index < -0.39 is 0 Å². The molecule has 0 aromatic carbocycles. The first-order valence-corrected chi connectivity index (χ1v) is 10.3. The van der Waals surface area contributed by atoms with E-state index in [9.17, 15) is 4.79 Å². The van der Waals surface area contributed by atoms with Crippen molar-refractivity contribution in [3.05, 3.63) is 40.4 Å². The van der Waals surface area contributed by atoms with Crippen molar-refractivity contribution in [1.29, 1.82) is 0 Å². The summed E-state index contributed by atoms with van der Waals surface area (Å²) < 4.78 is 0. The van der Waals surface area contributed by atoms with Gasteiger partial charge in [-0.1, -0.05) is 6.92 Å². The summed E-state index contributed by atoms with van der Waals surface area (Å²) in [5.74, 6) is 2.44. The molecule has 1 N–H and O–H groups in total. The van der Waals surface area contributed by atoms with Crippen molar-refractivity contribution >= 4 is 5.82 Å². The van der Waals surface area contributed by atoms with E-state index in [1.54, 1.807) is 6.07 Å². The molecule has 0 radical (unpaired) electrons. The largest absolute Gasteiger partial charge is 0.357 e. The van der Waals surface area contributed by atoms with Gasteiger partial charge >= 0.3 is 0 Å². The molecule has 2 aliphatic rings. The minimum atomic E-state index is -0.110. The van der Waals surface area contributed by atoms with Crippen molar-refractivity contribution in [2.75, 3.05) is 37.6 Å². The number of rotatable bonds is 5. The number of pyridine rings is 1. The average Bonchev–Trinajstić information content (AvgIpc) is 3.21. The molecule has 4 heterocycles. The zero-order valence-corrected chi connectivity index (χ0v) is 16.2. The fourth-order valence-corrected chi connectivity index (χ4v) is 4.21. The highest BCUT2D eigenvalue weighted by Gasteiger charge is 2.23. The lowest BCUT2D eigenvalue weighted by molar-refractivity contribution is 0.249. The Morgan fingerprint density at radius 2 is 1.93 bits per heavy atom. The number of nitrogens with zero attached hydrogens (tertiary/aromatic N) is 4. The summed E-state index contributed by atoms with van der Waals surface area (Å²) in [5.41, 5.74) is 1.55. The van der Waals surface area contributed by atoms with Gasteiger partial charge in [0.05, 0.1) is 0 Å². The Kier molecular flexibility index (Phi) is 5.53. The van der Waals surface area contributed by atoms with E-state index in [1.165, 1.54) is 45.3 Å². The number of anilines is 1. The fraction of sp³-hybridized carbons (Fsp3) is 0.571. The molecule has 6 nitrogen and oxygen atoms in total. The Morgan fingerprint density at radius 3 is 2.59 bits per heavy atom. The van der Waals surface area contributed by atoms with E-state index in [0.717, 1.165) is 42.5 Å². The zero-order chi connectivity index (χ0) is 18.6. The van der Waals surface area contributed by atoms with Crippen LogP contribution in [0.5, 0.6) is 0 Å². The predicted octanol–water partition coefficient (Wildman–Crippen LogP) is 2.71. The molecule has 0 bridgehead atoms. The van der Waals surface area contributed by atoms with Gasteiger partial charge in [0.25, 0.3) is 5.56 Å². The molecule has 2 saturated heterocycles. The molecule has 0 unspecified atom stereocenters. The molecule has 0 amide bonds. The summed E-state index contributed by atoms with van der Waals surface area (Å²) >= 11 is 0. The van der Waals surface area contributed by atoms with Gasteiger partial charge in [0.2, 0.25) is 0 Å². The summed E-state index contributed by atoms with van der Waals surface area (Å²) in [4.78, 5) is 28.8. The lowest BCUT2D eigenvalue weighted by Gasteiger charge is -2.34. The van der Waals surface area contributed by atoms with E-state index in [-0.39, 0.29) is 5.56 Å². The van der Waals surface area contributed by atoms with Gasteiger partial charge in [0.15, 0.2) is 0 Å². The van der Waals surface area contributed by atoms with Gasteiger partial charge in [-0.2, -0.15) is 0 Å². The van der Waals surface area contributed by atoms with Crippen LogP contribution in [0.15, 0.2) is 29.2 Å². The average molecular weight is 367 g/mol. The Bertz CT molecular complexity index is 802.